The van der Waals surface area contributed by atoms with Gasteiger partial charge in [0.15, 0.2) is 0 Å². The van der Waals surface area contributed by atoms with Gasteiger partial charge in [-0.05, 0) is 25.3 Å². The van der Waals surface area contributed by atoms with Crippen LogP contribution in [0.1, 0.15) is 13.8 Å². The predicted molar refractivity (Wildman–Crippen MR) is 89.8 cm³/mol. The number of ether oxygens (including phenoxy) is 1. The minimum Gasteiger partial charge on any atom is -0.490 e. The second-order valence-electron chi connectivity index (χ2n) is 5.86. The summed E-state index contributed by atoms with van der Waals surface area (Å²) in [5, 5.41) is 21.1. The number of aliphatic carboxylic acids is 1. The molecule has 0 aliphatic rings. The van der Waals surface area contributed by atoms with Crippen LogP contribution >= 0.6 is 0 Å². The average molecular weight is 317 g/mol. The number of carbonyl (C=O) groups is 1. The van der Waals surface area contributed by atoms with Gasteiger partial charge in [-0.25, -0.2) is 0 Å². The van der Waals surface area contributed by atoms with Crippen molar-refractivity contribution in [3.05, 3.63) is 42.5 Å². The van der Waals surface area contributed by atoms with E-state index in [2.05, 4.69) is 0 Å². The fourth-order valence-electron chi connectivity index (χ4n) is 2.46. The molecule has 0 saturated heterocycles. The van der Waals surface area contributed by atoms with E-state index in [1.165, 1.54) is 0 Å². The number of aliphatic hydroxyl groups excluding tert-OH is 1. The summed E-state index contributed by atoms with van der Waals surface area (Å²) < 4.78 is 5.74. The molecule has 0 bridgehead atoms. The van der Waals surface area contributed by atoms with Crippen molar-refractivity contribution in [2.75, 3.05) is 19.7 Å². The molecule has 0 aliphatic carbocycles. The molecule has 0 heterocycles. The van der Waals surface area contributed by atoms with Crippen LogP contribution in [0.25, 0.3) is 10.8 Å². The fourth-order valence-corrected chi connectivity index (χ4v) is 2.46. The minimum absolute atomic E-state index is 0.0401. The van der Waals surface area contributed by atoms with Gasteiger partial charge >= 0.3 is 5.97 Å². The molecule has 0 saturated carbocycles. The molecule has 1 atom stereocenters. The maximum atomic E-state index is 10.9. The van der Waals surface area contributed by atoms with Gasteiger partial charge < -0.3 is 14.9 Å². The number of hydrogen-bond donors (Lipinski definition) is 2. The van der Waals surface area contributed by atoms with Crippen molar-refractivity contribution >= 4 is 16.7 Å². The summed E-state index contributed by atoms with van der Waals surface area (Å²) in [6.45, 7) is 4.09. The Morgan fingerprint density at radius 1 is 1.17 bits per heavy atom. The molecule has 124 valence electrons. The van der Waals surface area contributed by atoms with Crippen LogP contribution in [-0.4, -0.2) is 52.9 Å². The molecule has 0 spiro atoms. The van der Waals surface area contributed by atoms with Crippen LogP contribution in [0.5, 0.6) is 5.75 Å². The smallest absolute Gasteiger partial charge is 0.317 e. The van der Waals surface area contributed by atoms with Crippen molar-refractivity contribution in [2.24, 2.45) is 0 Å². The summed E-state index contributed by atoms with van der Waals surface area (Å²) in [7, 11) is 0. The second kappa shape index (κ2) is 7.94. The van der Waals surface area contributed by atoms with Gasteiger partial charge in [0.1, 0.15) is 18.5 Å². The molecule has 2 aromatic carbocycles. The normalized spacial score (nSPS) is 12.7. The third-order valence-electron chi connectivity index (χ3n) is 3.69. The Labute approximate surface area is 136 Å². The number of carboxylic acid groups (broad SMARTS) is 1. The van der Waals surface area contributed by atoms with Crippen LogP contribution in [0.2, 0.25) is 0 Å². The van der Waals surface area contributed by atoms with Gasteiger partial charge in [-0.3, -0.25) is 9.69 Å². The van der Waals surface area contributed by atoms with Crippen LogP contribution in [-0.2, 0) is 4.79 Å². The molecule has 5 heteroatoms. The van der Waals surface area contributed by atoms with Crippen molar-refractivity contribution in [3.63, 3.8) is 0 Å². The van der Waals surface area contributed by atoms with Gasteiger partial charge in [0.2, 0.25) is 0 Å². The van der Waals surface area contributed by atoms with Gasteiger partial charge in [-0.2, -0.15) is 0 Å². The third kappa shape index (κ3) is 4.94. The van der Waals surface area contributed by atoms with Crippen molar-refractivity contribution in [1.29, 1.82) is 0 Å². The van der Waals surface area contributed by atoms with Crippen molar-refractivity contribution in [3.8, 4) is 5.75 Å². The van der Waals surface area contributed by atoms with E-state index >= 15 is 0 Å². The number of aliphatic hydroxyl groups is 1. The molecule has 0 aromatic heterocycles. The summed E-state index contributed by atoms with van der Waals surface area (Å²) >= 11 is 0. The van der Waals surface area contributed by atoms with E-state index in [0.717, 1.165) is 16.5 Å². The van der Waals surface area contributed by atoms with Crippen LogP contribution in [0.4, 0.5) is 0 Å². The molecule has 23 heavy (non-hydrogen) atoms. The van der Waals surface area contributed by atoms with Gasteiger partial charge in [0, 0.05) is 18.0 Å². The summed E-state index contributed by atoms with van der Waals surface area (Å²) in [6.07, 6.45) is -0.754. The number of benzene rings is 2. The van der Waals surface area contributed by atoms with E-state index in [1.807, 2.05) is 56.3 Å². The largest absolute Gasteiger partial charge is 0.490 e. The SMILES string of the molecule is CC(C)N(CC(=O)O)CC(O)COc1cccc2ccccc12. The number of nitrogens with zero attached hydrogens (tertiary/aromatic N) is 1. The molecule has 5 nitrogen and oxygen atoms in total. The number of rotatable bonds is 8. The topological polar surface area (TPSA) is 70.0 Å². The zero-order valence-electron chi connectivity index (χ0n) is 13.5. The van der Waals surface area contributed by atoms with Crippen molar-refractivity contribution in [2.45, 2.75) is 26.0 Å². The number of hydrogen-bond acceptors (Lipinski definition) is 4. The molecular formula is C18H23NO4. The lowest BCUT2D eigenvalue weighted by Gasteiger charge is -2.27. The molecule has 1 unspecified atom stereocenters. The first-order valence-corrected chi connectivity index (χ1v) is 7.72. The molecule has 0 radical (unpaired) electrons. The first-order valence-electron chi connectivity index (χ1n) is 7.72. The lowest BCUT2D eigenvalue weighted by Crippen LogP contribution is -2.42. The van der Waals surface area contributed by atoms with E-state index in [9.17, 15) is 9.90 Å². The van der Waals surface area contributed by atoms with E-state index in [-0.39, 0.29) is 25.7 Å². The highest BCUT2D eigenvalue weighted by molar-refractivity contribution is 5.88. The van der Waals surface area contributed by atoms with Crippen molar-refractivity contribution < 1.29 is 19.7 Å². The lowest BCUT2D eigenvalue weighted by atomic mass is 10.1. The Kier molecular flexibility index (Phi) is 5.96. The summed E-state index contributed by atoms with van der Waals surface area (Å²) in [5.74, 6) is -0.183. The lowest BCUT2D eigenvalue weighted by molar-refractivity contribution is -0.139. The molecular weight excluding hydrogens is 294 g/mol. The summed E-state index contributed by atoms with van der Waals surface area (Å²) in [4.78, 5) is 12.6. The van der Waals surface area contributed by atoms with Crippen LogP contribution in [0, 0.1) is 0 Å². The molecule has 2 aromatic rings. The molecule has 0 amide bonds. The average Bonchev–Trinajstić information content (AvgIpc) is 2.51. The maximum absolute atomic E-state index is 10.9. The van der Waals surface area contributed by atoms with Gasteiger partial charge in [0.25, 0.3) is 0 Å². The quantitative estimate of drug-likeness (QED) is 0.782. The summed E-state index contributed by atoms with van der Waals surface area (Å²) in [5.41, 5.74) is 0. The van der Waals surface area contributed by atoms with E-state index in [1.54, 1.807) is 4.90 Å². The molecule has 2 rings (SSSR count). The first kappa shape index (κ1) is 17.2. The van der Waals surface area contributed by atoms with Crippen LogP contribution in [0.3, 0.4) is 0 Å². The fraction of sp³-hybridized carbons (Fsp3) is 0.389. The Hall–Kier alpha value is -2.11. The van der Waals surface area contributed by atoms with E-state index in [0.29, 0.717) is 0 Å². The molecule has 2 N–H and O–H groups in total. The number of fused-ring (bicyclic) bond motifs is 1. The highest BCUT2D eigenvalue weighted by Crippen LogP contribution is 2.25. The predicted octanol–water partition coefficient (Wildman–Crippen LogP) is 2.37. The third-order valence-corrected chi connectivity index (χ3v) is 3.69. The second-order valence-corrected chi connectivity index (χ2v) is 5.86. The highest BCUT2D eigenvalue weighted by atomic mass is 16.5. The monoisotopic (exact) mass is 317 g/mol. The maximum Gasteiger partial charge on any atom is 0.317 e. The van der Waals surface area contributed by atoms with Crippen molar-refractivity contribution in [1.82, 2.24) is 4.90 Å². The Morgan fingerprint density at radius 3 is 2.57 bits per heavy atom. The van der Waals surface area contributed by atoms with Crippen LogP contribution < -0.4 is 4.74 Å². The Bertz CT molecular complexity index is 651. The van der Waals surface area contributed by atoms with Gasteiger partial charge in [-0.15, -0.1) is 0 Å². The highest BCUT2D eigenvalue weighted by Gasteiger charge is 2.18. The van der Waals surface area contributed by atoms with Gasteiger partial charge in [-0.1, -0.05) is 36.4 Å². The Balaban J connectivity index is 1.97. The standard InChI is InChI=1S/C18H23NO4/c1-13(2)19(11-18(21)22)10-15(20)12-23-17-9-5-7-14-6-3-4-8-16(14)17/h3-9,13,15,20H,10-12H2,1-2H3,(H,21,22). The number of carboxylic acids is 1. The minimum atomic E-state index is -0.902. The van der Waals surface area contributed by atoms with Crippen LogP contribution in [0.15, 0.2) is 42.5 Å². The first-order chi connectivity index (χ1) is 11.0. The van der Waals surface area contributed by atoms with E-state index in [4.69, 9.17) is 9.84 Å². The summed E-state index contributed by atoms with van der Waals surface area (Å²) in [6, 6.07) is 13.7. The van der Waals surface area contributed by atoms with Gasteiger partial charge in [0.05, 0.1) is 6.54 Å². The molecule has 0 fully saturated rings. The van der Waals surface area contributed by atoms with E-state index < -0.39 is 12.1 Å². The molecule has 0 aliphatic heterocycles. The zero-order valence-corrected chi connectivity index (χ0v) is 13.5. The zero-order chi connectivity index (χ0) is 16.8. The Morgan fingerprint density at radius 2 is 1.87 bits per heavy atom.